The maximum atomic E-state index is 13.4. The van der Waals surface area contributed by atoms with Gasteiger partial charge in [0.25, 0.3) is 0 Å². The molecule has 31 heavy (non-hydrogen) atoms. The highest BCUT2D eigenvalue weighted by Gasteiger charge is 2.34. The number of benzene rings is 1. The highest BCUT2D eigenvalue weighted by atomic mass is 35.5. The van der Waals surface area contributed by atoms with Crippen molar-refractivity contribution in [3.05, 3.63) is 52.5 Å². The molecule has 1 aromatic rings. The number of thioether (sulfide) groups is 1. The van der Waals surface area contributed by atoms with Crippen LogP contribution in [0.25, 0.3) is 0 Å². The predicted octanol–water partition coefficient (Wildman–Crippen LogP) is 6.65. The van der Waals surface area contributed by atoms with Crippen molar-refractivity contribution < 1.29 is 32.3 Å². The van der Waals surface area contributed by atoms with Gasteiger partial charge in [-0.3, -0.25) is 4.79 Å². The number of ketones is 1. The minimum absolute atomic E-state index is 0.0653. The van der Waals surface area contributed by atoms with Crippen LogP contribution in [0, 0.1) is 11.7 Å². The number of aliphatic hydroxyl groups is 1. The Hall–Kier alpha value is -2.00. The molecule has 0 fully saturated rings. The van der Waals surface area contributed by atoms with Crippen molar-refractivity contribution >= 4 is 34.9 Å². The molecule has 1 aromatic carbocycles. The van der Waals surface area contributed by atoms with Gasteiger partial charge in [-0.2, -0.15) is 13.2 Å². The summed E-state index contributed by atoms with van der Waals surface area (Å²) in [5, 5.41) is 14.3. The summed E-state index contributed by atoms with van der Waals surface area (Å²) in [6.07, 6.45) is -1.88. The number of carbonyl (C=O) groups excluding carboxylic acids is 1. The Labute approximate surface area is 187 Å². The second kappa shape index (κ2) is 11.6. The fourth-order valence-corrected chi connectivity index (χ4v) is 4.27. The van der Waals surface area contributed by atoms with Crippen LogP contribution in [0.5, 0.6) is 0 Å². The number of aliphatic hydroxyl groups excluding tert-OH is 1. The maximum absolute atomic E-state index is 13.4. The molecule has 0 bridgehead atoms. The molecule has 0 amide bonds. The molecule has 0 aromatic heterocycles. The summed E-state index contributed by atoms with van der Waals surface area (Å²) in [6, 6.07) is 2.87. The van der Waals surface area contributed by atoms with Gasteiger partial charge in [0.05, 0.1) is 16.8 Å². The van der Waals surface area contributed by atoms with E-state index in [2.05, 4.69) is 5.16 Å². The summed E-state index contributed by atoms with van der Waals surface area (Å²) in [6.45, 7) is 1.92. The van der Waals surface area contributed by atoms with Crippen molar-refractivity contribution in [2.24, 2.45) is 11.1 Å². The highest BCUT2D eigenvalue weighted by Crippen LogP contribution is 2.35. The van der Waals surface area contributed by atoms with Crippen LogP contribution in [-0.2, 0) is 15.8 Å². The number of hydrogen-bond acceptors (Lipinski definition) is 5. The SMILES string of the molecule is CCC(=NOC/C=C/Cl)C1=C(O)CC(CCSc2ccc(F)c(C(F)(F)F)c2)CC1=O. The van der Waals surface area contributed by atoms with Crippen molar-refractivity contribution in [2.45, 2.75) is 43.7 Å². The smallest absolute Gasteiger partial charge is 0.419 e. The van der Waals surface area contributed by atoms with Gasteiger partial charge in [0.2, 0.25) is 0 Å². The molecule has 0 heterocycles. The van der Waals surface area contributed by atoms with Crippen molar-refractivity contribution in [2.75, 3.05) is 12.4 Å². The average molecular weight is 480 g/mol. The van der Waals surface area contributed by atoms with Crippen molar-refractivity contribution in [1.29, 1.82) is 0 Å². The number of carbonyl (C=O) groups is 1. The second-order valence-corrected chi connectivity index (χ2v) is 8.26. The highest BCUT2D eigenvalue weighted by molar-refractivity contribution is 7.99. The fraction of sp³-hybridized carbons (Fsp3) is 0.429. The Morgan fingerprint density at radius 1 is 1.39 bits per heavy atom. The lowest BCUT2D eigenvalue weighted by Gasteiger charge is -2.23. The molecule has 10 heteroatoms. The first kappa shape index (κ1) is 25.3. The van der Waals surface area contributed by atoms with Gasteiger partial charge < -0.3 is 9.94 Å². The Morgan fingerprint density at radius 2 is 2.13 bits per heavy atom. The average Bonchev–Trinajstić information content (AvgIpc) is 2.69. The summed E-state index contributed by atoms with van der Waals surface area (Å²) in [4.78, 5) is 17.9. The molecule has 1 aliphatic rings. The molecule has 0 saturated carbocycles. The van der Waals surface area contributed by atoms with Gasteiger partial charge >= 0.3 is 6.18 Å². The molecular formula is C21H22ClF4NO3S. The van der Waals surface area contributed by atoms with Gasteiger partial charge in [0.1, 0.15) is 18.2 Å². The molecule has 0 aliphatic heterocycles. The lowest BCUT2D eigenvalue weighted by atomic mass is 9.83. The van der Waals surface area contributed by atoms with Crippen molar-refractivity contribution in [1.82, 2.24) is 0 Å². The predicted molar refractivity (Wildman–Crippen MR) is 113 cm³/mol. The standard InChI is InChI=1S/C21H22ClF4NO3S/c1-2-17(27-30-8-3-7-22)20-18(28)10-13(11-19(20)29)6-9-31-14-4-5-16(23)15(12-14)21(24,25)26/h3-5,7,12-13,28H,2,6,8-11H2,1H3/b7-3+,27-17?. The number of hydrogen-bond donors (Lipinski definition) is 1. The van der Waals surface area contributed by atoms with Crippen LogP contribution in [-0.4, -0.2) is 29.0 Å². The number of Topliss-reactive ketones (excluding diaryl/α,β-unsaturated/α-hetero) is 1. The number of halogens is 5. The van der Waals surface area contributed by atoms with E-state index in [0.717, 1.165) is 23.9 Å². The molecule has 170 valence electrons. The molecule has 1 aliphatic carbocycles. The first-order valence-electron chi connectivity index (χ1n) is 9.56. The summed E-state index contributed by atoms with van der Waals surface area (Å²) < 4.78 is 51.9. The van der Waals surface area contributed by atoms with E-state index in [1.54, 1.807) is 6.92 Å². The third-order valence-electron chi connectivity index (χ3n) is 4.62. The molecule has 1 N–H and O–H groups in total. The van der Waals surface area contributed by atoms with Gasteiger partial charge in [0.15, 0.2) is 5.78 Å². The summed E-state index contributed by atoms with van der Waals surface area (Å²) in [5.74, 6) is -1.36. The zero-order chi connectivity index (χ0) is 23.0. The summed E-state index contributed by atoms with van der Waals surface area (Å²) >= 11 is 6.54. The number of rotatable bonds is 9. The number of nitrogens with zero attached hydrogens (tertiary/aromatic N) is 1. The largest absolute Gasteiger partial charge is 0.511 e. The number of alkyl halides is 3. The van der Waals surface area contributed by atoms with Gasteiger partial charge in [-0.05, 0) is 48.8 Å². The van der Waals surface area contributed by atoms with Gasteiger partial charge in [-0.15, -0.1) is 11.8 Å². The van der Waals surface area contributed by atoms with E-state index in [1.807, 2.05) is 0 Å². The monoisotopic (exact) mass is 479 g/mol. The van der Waals surface area contributed by atoms with Crippen LogP contribution in [0.1, 0.15) is 38.2 Å². The first-order valence-corrected chi connectivity index (χ1v) is 11.0. The Morgan fingerprint density at radius 3 is 2.74 bits per heavy atom. The third-order valence-corrected chi connectivity index (χ3v) is 5.82. The lowest BCUT2D eigenvalue weighted by Crippen LogP contribution is -2.25. The third kappa shape index (κ3) is 7.28. The minimum atomic E-state index is -4.76. The van der Waals surface area contributed by atoms with Crippen LogP contribution >= 0.6 is 23.4 Å². The van der Waals surface area contributed by atoms with Gasteiger partial charge in [-0.1, -0.05) is 23.7 Å². The Kier molecular flexibility index (Phi) is 9.43. The summed E-state index contributed by atoms with van der Waals surface area (Å²) in [7, 11) is 0. The molecule has 0 radical (unpaired) electrons. The van der Waals surface area contributed by atoms with Crippen LogP contribution in [0.2, 0.25) is 0 Å². The second-order valence-electron chi connectivity index (χ2n) is 6.84. The zero-order valence-corrected chi connectivity index (χ0v) is 18.3. The molecule has 4 nitrogen and oxygen atoms in total. The van der Waals surface area contributed by atoms with Crippen molar-refractivity contribution in [3.63, 3.8) is 0 Å². The molecule has 1 unspecified atom stereocenters. The van der Waals surface area contributed by atoms with Crippen molar-refractivity contribution in [3.8, 4) is 0 Å². The van der Waals surface area contributed by atoms with E-state index in [1.165, 1.54) is 17.7 Å². The van der Waals surface area contributed by atoms with Crippen LogP contribution < -0.4 is 0 Å². The lowest BCUT2D eigenvalue weighted by molar-refractivity contribution is -0.140. The first-order chi connectivity index (χ1) is 14.7. The fourth-order valence-electron chi connectivity index (χ4n) is 3.14. The van der Waals surface area contributed by atoms with Gasteiger partial charge in [-0.25, -0.2) is 4.39 Å². The zero-order valence-electron chi connectivity index (χ0n) is 16.7. The van der Waals surface area contributed by atoms with E-state index in [-0.39, 0.29) is 42.5 Å². The quantitative estimate of drug-likeness (QED) is 0.141. The topological polar surface area (TPSA) is 58.9 Å². The van der Waals surface area contributed by atoms with E-state index in [4.69, 9.17) is 16.4 Å². The Bertz CT molecular complexity index is 884. The molecule has 1 atom stereocenters. The summed E-state index contributed by atoms with van der Waals surface area (Å²) in [5.41, 5.74) is 0.492. The van der Waals surface area contributed by atoms with E-state index in [9.17, 15) is 27.5 Å². The van der Waals surface area contributed by atoms with E-state index >= 15 is 0 Å². The van der Waals surface area contributed by atoms with Crippen LogP contribution in [0.3, 0.4) is 0 Å². The molecule has 2 rings (SSSR count). The van der Waals surface area contributed by atoms with E-state index in [0.29, 0.717) is 29.2 Å². The van der Waals surface area contributed by atoms with E-state index < -0.39 is 17.6 Å². The maximum Gasteiger partial charge on any atom is 0.419 e. The molecular weight excluding hydrogens is 458 g/mol. The Balaban J connectivity index is 1.98. The molecule has 0 spiro atoms. The molecule has 0 saturated heterocycles. The minimum Gasteiger partial charge on any atom is -0.511 e. The normalized spacial score (nSPS) is 18.2. The van der Waals surface area contributed by atoms with Crippen LogP contribution in [0.4, 0.5) is 17.6 Å². The number of oxime groups is 1. The van der Waals surface area contributed by atoms with Crippen LogP contribution in [0.15, 0.2) is 51.2 Å². The number of allylic oxidation sites excluding steroid dienone is 2. The van der Waals surface area contributed by atoms with Gasteiger partial charge in [0, 0.05) is 23.3 Å².